The molecule has 2 nitrogen and oxygen atoms in total. The van der Waals surface area contributed by atoms with Crippen molar-refractivity contribution in [2.45, 2.75) is 13.3 Å². The van der Waals surface area contributed by atoms with Gasteiger partial charge >= 0.3 is 0 Å². The molecule has 1 fully saturated rings. The number of hydrogen-bond acceptors (Lipinski definition) is 2. The zero-order valence-electron chi connectivity index (χ0n) is 5.76. The minimum absolute atomic E-state index is 0.311. The molecule has 0 aromatic rings. The first-order valence-electron chi connectivity index (χ1n) is 3.50. The molecule has 1 N–H and O–H groups in total. The molecule has 0 aliphatic carbocycles. The number of hydrogen-bond donors (Lipinski definition) is 1. The van der Waals surface area contributed by atoms with Crippen molar-refractivity contribution in [3.8, 4) is 0 Å². The fourth-order valence-electron chi connectivity index (χ4n) is 1.24. The van der Waals surface area contributed by atoms with Crippen LogP contribution in [0.5, 0.6) is 0 Å². The SMILES string of the molecule is CC1CNCCC1C=O. The topological polar surface area (TPSA) is 29.1 Å². The summed E-state index contributed by atoms with van der Waals surface area (Å²) < 4.78 is 0. The molecule has 1 aliphatic rings. The lowest BCUT2D eigenvalue weighted by Crippen LogP contribution is -2.35. The number of aldehydes is 1. The van der Waals surface area contributed by atoms with Gasteiger partial charge in [-0.3, -0.25) is 0 Å². The van der Waals surface area contributed by atoms with Crippen LogP contribution in [0.4, 0.5) is 0 Å². The van der Waals surface area contributed by atoms with Gasteiger partial charge in [0.05, 0.1) is 0 Å². The summed E-state index contributed by atoms with van der Waals surface area (Å²) in [6.07, 6.45) is 2.11. The van der Waals surface area contributed by atoms with Gasteiger partial charge in [-0.25, -0.2) is 0 Å². The molecule has 0 bridgehead atoms. The molecule has 2 atom stereocenters. The van der Waals surface area contributed by atoms with Crippen LogP contribution in [0.15, 0.2) is 0 Å². The summed E-state index contributed by atoms with van der Waals surface area (Å²) in [6, 6.07) is 0. The van der Waals surface area contributed by atoms with Crippen LogP contribution in [0.1, 0.15) is 13.3 Å². The molecular weight excluding hydrogens is 114 g/mol. The van der Waals surface area contributed by atoms with Crippen molar-refractivity contribution < 1.29 is 4.79 Å². The van der Waals surface area contributed by atoms with Gasteiger partial charge in [0.1, 0.15) is 6.29 Å². The van der Waals surface area contributed by atoms with Crippen molar-refractivity contribution in [2.75, 3.05) is 13.1 Å². The van der Waals surface area contributed by atoms with E-state index < -0.39 is 0 Å². The maximum absolute atomic E-state index is 10.3. The van der Waals surface area contributed by atoms with E-state index in [2.05, 4.69) is 12.2 Å². The van der Waals surface area contributed by atoms with Gasteiger partial charge in [-0.15, -0.1) is 0 Å². The lowest BCUT2D eigenvalue weighted by atomic mass is 9.89. The molecule has 0 aromatic carbocycles. The van der Waals surface area contributed by atoms with Crippen LogP contribution in [-0.2, 0) is 4.79 Å². The van der Waals surface area contributed by atoms with E-state index in [1.54, 1.807) is 0 Å². The Kier molecular flexibility index (Phi) is 2.22. The van der Waals surface area contributed by atoms with E-state index in [0.717, 1.165) is 25.8 Å². The smallest absolute Gasteiger partial charge is 0.123 e. The first kappa shape index (κ1) is 6.75. The lowest BCUT2D eigenvalue weighted by Gasteiger charge is -2.24. The van der Waals surface area contributed by atoms with Crippen LogP contribution in [0.3, 0.4) is 0 Å². The zero-order chi connectivity index (χ0) is 6.69. The zero-order valence-corrected chi connectivity index (χ0v) is 5.76. The van der Waals surface area contributed by atoms with Crippen LogP contribution >= 0.6 is 0 Å². The Labute approximate surface area is 55.6 Å². The molecule has 0 aromatic heterocycles. The second-order valence-electron chi connectivity index (χ2n) is 2.77. The summed E-state index contributed by atoms with van der Waals surface area (Å²) in [5, 5.41) is 3.24. The molecule has 0 saturated carbocycles. The van der Waals surface area contributed by atoms with Crippen molar-refractivity contribution in [1.29, 1.82) is 0 Å². The van der Waals surface area contributed by atoms with E-state index in [4.69, 9.17) is 0 Å². The van der Waals surface area contributed by atoms with Crippen molar-refractivity contribution in [2.24, 2.45) is 11.8 Å². The highest BCUT2D eigenvalue weighted by molar-refractivity contribution is 5.54. The van der Waals surface area contributed by atoms with Crippen molar-refractivity contribution in [3.63, 3.8) is 0 Å². The van der Waals surface area contributed by atoms with Crippen LogP contribution < -0.4 is 5.32 Å². The number of carbonyl (C=O) groups is 1. The van der Waals surface area contributed by atoms with Gasteiger partial charge in [0.2, 0.25) is 0 Å². The van der Waals surface area contributed by atoms with Crippen molar-refractivity contribution >= 4 is 6.29 Å². The van der Waals surface area contributed by atoms with Crippen LogP contribution in [0.2, 0.25) is 0 Å². The van der Waals surface area contributed by atoms with E-state index in [0.29, 0.717) is 11.8 Å². The molecule has 0 spiro atoms. The summed E-state index contributed by atoms with van der Waals surface area (Å²) >= 11 is 0. The highest BCUT2D eigenvalue weighted by atomic mass is 16.1. The van der Waals surface area contributed by atoms with E-state index in [-0.39, 0.29) is 0 Å². The quantitative estimate of drug-likeness (QED) is 0.517. The van der Waals surface area contributed by atoms with E-state index >= 15 is 0 Å². The molecule has 52 valence electrons. The first-order valence-corrected chi connectivity index (χ1v) is 3.50. The van der Waals surface area contributed by atoms with Gasteiger partial charge in [-0.05, 0) is 25.4 Å². The number of piperidine rings is 1. The average molecular weight is 127 g/mol. The predicted molar refractivity (Wildman–Crippen MR) is 36.2 cm³/mol. The third-order valence-corrected chi connectivity index (χ3v) is 2.03. The molecule has 1 heterocycles. The Hall–Kier alpha value is -0.370. The Balaban J connectivity index is 2.38. The monoisotopic (exact) mass is 127 g/mol. The van der Waals surface area contributed by atoms with Gasteiger partial charge in [-0.2, -0.15) is 0 Å². The number of carbonyl (C=O) groups excluding carboxylic acids is 1. The summed E-state index contributed by atoms with van der Waals surface area (Å²) in [6.45, 7) is 4.13. The van der Waals surface area contributed by atoms with Crippen molar-refractivity contribution in [1.82, 2.24) is 5.32 Å². The molecule has 2 heteroatoms. The highest BCUT2D eigenvalue weighted by Crippen LogP contribution is 2.14. The molecule has 9 heavy (non-hydrogen) atoms. The highest BCUT2D eigenvalue weighted by Gasteiger charge is 2.19. The Morgan fingerprint density at radius 3 is 2.89 bits per heavy atom. The molecule has 1 rings (SSSR count). The minimum atomic E-state index is 0.311. The molecular formula is C7H13NO. The Morgan fingerprint density at radius 1 is 1.67 bits per heavy atom. The number of nitrogens with one attached hydrogen (secondary N) is 1. The first-order chi connectivity index (χ1) is 4.34. The summed E-state index contributed by atoms with van der Waals surface area (Å²) in [5.74, 6) is 0.850. The van der Waals surface area contributed by atoms with Gasteiger partial charge in [0.15, 0.2) is 0 Å². The maximum Gasteiger partial charge on any atom is 0.123 e. The molecule has 2 unspecified atom stereocenters. The molecule has 0 radical (unpaired) electrons. The summed E-state index contributed by atoms with van der Waals surface area (Å²) in [4.78, 5) is 10.3. The standard InChI is InChI=1S/C7H13NO/c1-6-4-8-3-2-7(6)5-9/h5-8H,2-4H2,1H3. The van der Waals surface area contributed by atoms with E-state index in [1.165, 1.54) is 0 Å². The van der Waals surface area contributed by atoms with Gasteiger partial charge < -0.3 is 10.1 Å². The molecule has 1 aliphatic heterocycles. The fourth-order valence-corrected chi connectivity index (χ4v) is 1.24. The number of rotatable bonds is 1. The van der Waals surface area contributed by atoms with Crippen LogP contribution in [0, 0.1) is 11.8 Å². The van der Waals surface area contributed by atoms with Gasteiger partial charge in [-0.1, -0.05) is 6.92 Å². The van der Waals surface area contributed by atoms with Crippen LogP contribution in [-0.4, -0.2) is 19.4 Å². The van der Waals surface area contributed by atoms with Gasteiger partial charge in [0.25, 0.3) is 0 Å². The lowest BCUT2D eigenvalue weighted by molar-refractivity contribution is -0.112. The molecule has 0 amide bonds. The fraction of sp³-hybridized carbons (Fsp3) is 0.857. The average Bonchev–Trinajstić information content (AvgIpc) is 1.89. The van der Waals surface area contributed by atoms with Gasteiger partial charge in [0, 0.05) is 5.92 Å². The van der Waals surface area contributed by atoms with E-state index in [9.17, 15) is 4.79 Å². The predicted octanol–water partition coefficient (Wildman–Crippen LogP) is 0.431. The van der Waals surface area contributed by atoms with Crippen LogP contribution in [0.25, 0.3) is 0 Å². The summed E-state index contributed by atoms with van der Waals surface area (Å²) in [5.41, 5.74) is 0. The third kappa shape index (κ3) is 1.52. The van der Waals surface area contributed by atoms with Crippen molar-refractivity contribution in [3.05, 3.63) is 0 Å². The molecule has 1 saturated heterocycles. The normalized spacial score (nSPS) is 36.1. The summed E-state index contributed by atoms with van der Waals surface area (Å²) in [7, 11) is 0. The second-order valence-corrected chi connectivity index (χ2v) is 2.77. The van der Waals surface area contributed by atoms with E-state index in [1.807, 2.05) is 0 Å². The Morgan fingerprint density at radius 2 is 2.44 bits per heavy atom. The third-order valence-electron chi connectivity index (χ3n) is 2.03. The second kappa shape index (κ2) is 2.97. The maximum atomic E-state index is 10.3. The minimum Gasteiger partial charge on any atom is -0.316 e. The Bertz CT molecular complexity index is 103. The largest absolute Gasteiger partial charge is 0.316 e.